The first-order valence-corrected chi connectivity index (χ1v) is 8.67. The Kier molecular flexibility index (Phi) is 5.07. The van der Waals surface area contributed by atoms with Gasteiger partial charge in [-0.05, 0) is 18.2 Å². The predicted molar refractivity (Wildman–Crippen MR) is 103 cm³/mol. The molecule has 0 aliphatic heterocycles. The van der Waals surface area contributed by atoms with Crippen LogP contribution in [0.5, 0.6) is 0 Å². The summed E-state index contributed by atoms with van der Waals surface area (Å²) < 4.78 is 43.6. The highest BCUT2D eigenvalue weighted by molar-refractivity contribution is 5.87. The van der Waals surface area contributed by atoms with Gasteiger partial charge in [0, 0.05) is 18.0 Å². The van der Waals surface area contributed by atoms with Gasteiger partial charge in [-0.15, -0.1) is 0 Å². The van der Waals surface area contributed by atoms with Crippen LogP contribution >= 0.6 is 0 Å². The number of imidazole rings is 1. The molecule has 0 fully saturated rings. The molecule has 4 rings (SSSR count). The van der Waals surface area contributed by atoms with Crippen molar-refractivity contribution >= 4 is 34.6 Å². The Morgan fingerprint density at radius 3 is 2.74 bits per heavy atom. The van der Waals surface area contributed by atoms with E-state index in [1.54, 1.807) is 6.07 Å². The predicted octanol–water partition coefficient (Wildman–Crippen LogP) is 3.75. The van der Waals surface area contributed by atoms with Crippen molar-refractivity contribution in [1.29, 1.82) is 0 Å². The van der Waals surface area contributed by atoms with Crippen molar-refractivity contribution in [2.45, 2.75) is 6.18 Å². The Balaban J connectivity index is 1.72. The number of pyridine rings is 2. The second-order valence-electron chi connectivity index (χ2n) is 6.07. The largest absolute Gasteiger partial charge is 0.453 e. The van der Waals surface area contributed by atoms with Gasteiger partial charge in [0.1, 0.15) is 22.7 Å². The fourth-order valence-electron chi connectivity index (χ4n) is 2.62. The molecule has 3 N–H and O–H groups in total. The monoisotopic (exact) mass is 430 g/mol. The number of fused-ring (bicyclic) bond motifs is 1. The molecule has 31 heavy (non-hydrogen) atoms. The highest BCUT2D eigenvalue weighted by atomic mass is 19.4. The number of rotatable bonds is 4. The van der Waals surface area contributed by atoms with Crippen molar-refractivity contribution in [1.82, 2.24) is 29.9 Å². The van der Waals surface area contributed by atoms with Crippen LogP contribution in [-0.4, -0.2) is 43.1 Å². The average Bonchev–Trinajstić information content (AvgIpc) is 3.22. The van der Waals surface area contributed by atoms with E-state index in [4.69, 9.17) is 0 Å². The van der Waals surface area contributed by atoms with E-state index in [0.29, 0.717) is 11.2 Å². The Morgan fingerprint density at radius 1 is 1.13 bits per heavy atom. The minimum absolute atomic E-state index is 0.0461. The summed E-state index contributed by atoms with van der Waals surface area (Å²) in [6.07, 6.45) is -2.48. The second kappa shape index (κ2) is 7.85. The number of nitrogens with one attached hydrogen (secondary N) is 3. The highest BCUT2D eigenvalue weighted by Gasteiger charge is 2.32. The highest BCUT2D eigenvalue weighted by Crippen LogP contribution is 2.30. The van der Waals surface area contributed by atoms with Crippen molar-refractivity contribution in [3.05, 3.63) is 48.5 Å². The van der Waals surface area contributed by atoms with Crippen molar-refractivity contribution < 1.29 is 22.7 Å². The van der Waals surface area contributed by atoms with Crippen LogP contribution in [0.25, 0.3) is 22.7 Å². The molecule has 1 amide bonds. The van der Waals surface area contributed by atoms with Crippen LogP contribution in [0.2, 0.25) is 0 Å². The van der Waals surface area contributed by atoms with Gasteiger partial charge >= 0.3 is 12.3 Å². The van der Waals surface area contributed by atoms with E-state index >= 15 is 0 Å². The van der Waals surface area contributed by atoms with Gasteiger partial charge in [-0.3, -0.25) is 5.32 Å². The number of methoxy groups -OCH3 is 1. The Bertz CT molecular complexity index is 1260. The molecule has 0 aliphatic rings. The molecule has 4 heterocycles. The molecule has 158 valence electrons. The number of carbonyl (C=O) groups excluding carboxylic acids is 1. The molecule has 0 bridgehead atoms. The number of carbonyl (C=O) groups is 1. The van der Waals surface area contributed by atoms with Crippen LogP contribution in [0.1, 0.15) is 5.69 Å². The number of aromatic amines is 1. The first kappa shape index (κ1) is 20.0. The number of alkyl halides is 3. The van der Waals surface area contributed by atoms with Gasteiger partial charge in [-0.25, -0.2) is 29.7 Å². The fraction of sp³-hybridized carbons (Fsp3) is 0.111. The van der Waals surface area contributed by atoms with Gasteiger partial charge in [0.15, 0.2) is 17.3 Å². The number of H-pyrrole nitrogens is 1. The molecule has 4 aromatic rings. The number of ether oxygens (including phenoxy) is 1. The van der Waals surface area contributed by atoms with E-state index < -0.39 is 18.0 Å². The number of hydrogen-bond acceptors (Lipinski definition) is 8. The molecule has 0 aromatic carbocycles. The van der Waals surface area contributed by atoms with Gasteiger partial charge in [0.2, 0.25) is 0 Å². The van der Waals surface area contributed by atoms with E-state index in [-0.39, 0.29) is 28.8 Å². The minimum atomic E-state index is -4.60. The summed E-state index contributed by atoms with van der Waals surface area (Å²) in [6, 6.07) is 6.59. The van der Waals surface area contributed by atoms with Crippen LogP contribution in [0, 0.1) is 0 Å². The zero-order valence-corrected chi connectivity index (χ0v) is 15.7. The van der Waals surface area contributed by atoms with E-state index in [9.17, 15) is 18.0 Å². The first-order valence-electron chi connectivity index (χ1n) is 8.67. The zero-order valence-electron chi connectivity index (χ0n) is 15.7. The summed E-state index contributed by atoms with van der Waals surface area (Å²) in [6.45, 7) is 0. The molecule has 0 unspecified atom stereocenters. The lowest BCUT2D eigenvalue weighted by atomic mass is 10.2. The van der Waals surface area contributed by atoms with Crippen LogP contribution in [0.4, 0.5) is 35.3 Å². The van der Waals surface area contributed by atoms with Crippen LogP contribution in [0.15, 0.2) is 42.9 Å². The molecule has 0 spiro atoms. The maximum Gasteiger partial charge on any atom is 0.433 e. The van der Waals surface area contributed by atoms with E-state index in [1.807, 2.05) is 0 Å². The van der Waals surface area contributed by atoms with Crippen molar-refractivity contribution in [3.63, 3.8) is 0 Å². The Morgan fingerprint density at radius 2 is 1.97 bits per heavy atom. The van der Waals surface area contributed by atoms with Crippen LogP contribution in [-0.2, 0) is 10.9 Å². The Labute approximate surface area is 172 Å². The van der Waals surface area contributed by atoms with Crippen molar-refractivity contribution in [3.8, 4) is 11.5 Å². The lowest BCUT2D eigenvalue weighted by Crippen LogP contribution is -2.12. The average molecular weight is 430 g/mol. The van der Waals surface area contributed by atoms with Gasteiger partial charge in [0.05, 0.1) is 13.4 Å². The summed E-state index contributed by atoms with van der Waals surface area (Å²) in [4.78, 5) is 34.4. The normalized spacial score (nSPS) is 11.4. The summed E-state index contributed by atoms with van der Waals surface area (Å²) >= 11 is 0. The van der Waals surface area contributed by atoms with E-state index in [1.165, 1.54) is 37.8 Å². The first-order chi connectivity index (χ1) is 14.8. The lowest BCUT2D eigenvalue weighted by Gasteiger charge is -2.10. The van der Waals surface area contributed by atoms with Gasteiger partial charge < -0.3 is 15.0 Å². The smallest absolute Gasteiger partial charge is 0.433 e. The summed E-state index contributed by atoms with van der Waals surface area (Å²) in [5, 5.41) is 5.44. The maximum atomic E-state index is 13.0. The lowest BCUT2D eigenvalue weighted by molar-refractivity contribution is -0.141. The molecule has 10 nitrogen and oxygen atoms in total. The van der Waals surface area contributed by atoms with Crippen LogP contribution < -0.4 is 10.6 Å². The zero-order chi connectivity index (χ0) is 22.0. The number of nitrogens with zero attached hydrogens (tertiary/aromatic N) is 5. The molecule has 0 saturated heterocycles. The molecule has 0 aliphatic carbocycles. The minimum Gasteiger partial charge on any atom is -0.453 e. The van der Waals surface area contributed by atoms with Crippen molar-refractivity contribution in [2.24, 2.45) is 0 Å². The molecular weight excluding hydrogens is 417 g/mol. The SMILES string of the molecule is COC(=O)Nc1cc(Nc2nc(-c3cccc(C(F)(F)F)n3)nc3nc[nH]c23)ccn1. The third-order valence-electron chi connectivity index (χ3n) is 3.99. The van der Waals surface area contributed by atoms with E-state index in [2.05, 4.69) is 45.3 Å². The van der Waals surface area contributed by atoms with E-state index in [0.717, 1.165) is 6.07 Å². The summed E-state index contributed by atoms with van der Waals surface area (Å²) in [7, 11) is 1.22. The number of hydrogen-bond donors (Lipinski definition) is 3. The second-order valence-corrected chi connectivity index (χ2v) is 6.07. The number of amides is 1. The summed E-state index contributed by atoms with van der Waals surface area (Å²) in [5.74, 6) is 0.411. The molecule has 0 saturated carbocycles. The van der Waals surface area contributed by atoms with Crippen molar-refractivity contribution in [2.75, 3.05) is 17.7 Å². The maximum absolute atomic E-state index is 13.0. The quantitative estimate of drug-likeness (QED) is 0.446. The molecule has 0 atom stereocenters. The fourth-order valence-corrected chi connectivity index (χ4v) is 2.62. The molecule has 4 aromatic heterocycles. The molecule has 0 radical (unpaired) electrons. The van der Waals surface area contributed by atoms with Gasteiger partial charge in [0.25, 0.3) is 0 Å². The molecule has 13 heteroatoms. The van der Waals surface area contributed by atoms with Crippen LogP contribution in [0.3, 0.4) is 0 Å². The third-order valence-corrected chi connectivity index (χ3v) is 3.99. The summed E-state index contributed by atoms with van der Waals surface area (Å²) in [5.41, 5.74) is 0.0195. The topological polar surface area (TPSA) is 131 Å². The van der Waals surface area contributed by atoms with Gasteiger partial charge in [-0.1, -0.05) is 6.07 Å². The third kappa shape index (κ3) is 4.34. The number of aromatic nitrogens is 6. The number of anilines is 3. The molecular formula is C18H13F3N8O2. The Hall–Kier alpha value is -4.29. The van der Waals surface area contributed by atoms with Gasteiger partial charge in [-0.2, -0.15) is 13.2 Å². The number of halogens is 3. The standard InChI is InChI=1S/C18H13F3N8O2/c1-31-17(30)27-12-7-9(5-6-22-12)25-16-13-15(24-8-23-13)28-14(29-16)10-3-2-4-11(26-10)18(19,20)21/h2-8H,1H3,(H3,22,23,24,25,27,28,29,30).